The summed E-state index contributed by atoms with van der Waals surface area (Å²) in [5.41, 5.74) is 14.7. The van der Waals surface area contributed by atoms with Crippen LogP contribution in [-0.2, 0) is 0 Å². The maximum absolute atomic E-state index is 2.70. The van der Waals surface area contributed by atoms with Crippen molar-refractivity contribution in [1.82, 2.24) is 4.48 Å². The van der Waals surface area contributed by atoms with Gasteiger partial charge in [0.05, 0.1) is 0 Å². The van der Waals surface area contributed by atoms with Gasteiger partial charge in [0.1, 0.15) is 0 Å². The fraction of sp³-hybridized carbons (Fsp3) is 0. The molecule has 0 N–H and O–H groups in total. The molecule has 0 saturated heterocycles. The van der Waals surface area contributed by atoms with E-state index in [4.69, 9.17) is 0 Å². The van der Waals surface area contributed by atoms with Crippen LogP contribution in [0.2, 0.25) is 0 Å². The number of thiophene rings is 2. The molecule has 64 heavy (non-hydrogen) atoms. The third kappa shape index (κ3) is 4.76. The molecule has 2 aliphatic heterocycles. The smallest absolute Gasteiger partial charge is 0.333 e. The van der Waals surface area contributed by atoms with Gasteiger partial charge in [0, 0.05) is 102 Å². The SMILES string of the molecule is c1ccc(N(c2ccccc2)c2cc3c4c(c2)N(c2ccc5sc6ccccc6c5c2)c2cc5c(cc2B4n2c4cc6ccccc6cc4c4cccc-3c42)sc2ccccc25)cc1. The monoisotopic (exact) mass is 847 g/mol. The zero-order valence-electron chi connectivity index (χ0n) is 34.4. The molecule has 0 aliphatic carbocycles. The number of nitrogens with zero attached hydrogens (tertiary/aromatic N) is 3. The second kappa shape index (κ2) is 13.0. The molecule has 0 unspecified atom stereocenters. The van der Waals surface area contributed by atoms with Crippen LogP contribution in [0.4, 0.5) is 34.1 Å². The van der Waals surface area contributed by atoms with Crippen molar-refractivity contribution in [1.29, 1.82) is 0 Å². The van der Waals surface area contributed by atoms with Crippen molar-refractivity contribution in [3.8, 4) is 11.1 Å². The first-order valence-corrected chi connectivity index (χ1v) is 23.6. The van der Waals surface area contributed by atoms with Crippen molar-refractivity contribution in [3.63, 3.8) is 0 Å². The molecule has 0 atom stereocenters. The quantitative estimate of drug-likeness (QED) is 0.164. The Bertz CT molecular complexity index is 4070. The van der Waals surface area contributed by atoms with Crippen molar-refractivity contribution in [2.45, 2.75) is 0 Å². The molecule has 0 amide bonds. The van der Waals surface area contributed by atoms with E-state index < -0.39 is 0 Å². The molecule has 3 aromatic heterocycles. The summed E-state index contributed by atoms with van der Waals surface area (Å²) in [5, 5.41) is 10.3. The van der Waals surface area contributed by atoms with Gasteiger partial charge >= 0.3 is 6.85 Å². The molecule has 0 saturated carbocycles. The fourth-order valence-corrected chi connectivity index (χ4v) is 13.4. The minimum atomic E-state index is -0.0800. The molecule has 0 radical (unpaired) electrons. The third-order valence-electron chi connectivity index (χ3n) is 13.9. The molecule has 3 nitrogen and oxygen atoms in total. The summed E-state index contributed by atoms with van der Waals surface area (Å²) in [6.07, 6.45) is 0. The van der Waals surface area contributed by atoms with Gasteiger partial charge in [-0.25, -0.2) is 0 Å². The van der Waals surface area contributed by atoms with Crippen LogP contribution in [0.5, 0.6) is 0 Å². The van der Waals surface area contributed by atoms with Gasteiger partial charge in [-0.05, 0) is 118 Å². The van der Waals surface area contributed by atoms with Crippen molar-refractivity contribution in [2.24, 2.45) is 0 Å². The molecular weight excluding hydrogens is 814 g/mol. The molecule has 15 rings (SSSR count). The predicted octanol–water partition coefficient (Wildman–Crippen LogP) is 15.6. The number of hydrogen-bond acceptors (Lipinski definition) is 4. The van der Waals surface area contributed by atoms with Gasteiger partial charge in [-0.1, -0.05) is 115 Å². The highest BCUT2D eigenvalue weighted by atomic mass is 32.1. The molecule has 2 aliphatic rings. The first-order chi connectivity index (χ1) is 31.7. The third-order valence-corrected chi connectivity index (χ3v) is 16.1. The summed E-state index contributed by atoms with van der Waals surface area (Å²) in [6.45, 7) is -0.0800. The normalized spacial score (nSPS) is 12.9. The largest absolute Gasteiger partial charge is 0.375 e. The van der Waals surface area contributed by atoms with E-state index in [2.05, 4.69) is 221 Å². The lowest BCUT2D eigenvalue weighted by Gasteiger charge is -2.41. The molecular formula is C58H34BN3S2. The summed E-state index contributed by atoms with van der Waals surface area (Å²) >= 11 is 3.78. The highest BCUT2D eigenvalue weighted by Crippen LogP contribution is 2.51. The zero-order valence-corrected chi connectivity index (χ0v) is 36.0. The van der Waals surface area contributed by atoms with Gasteiger partial charge in [-0.3, -0.25) is 0 Å². The Morgan fingerprint density at radius 2 is 1.02 bits per heavy atom. The van der Waals surface area contributed by atoms with Crippen molar-refractivity contribution in [2.75, 3.05) is 9.80 Å². The number of rotatable bonds is 4. The molecule has 10 aromatic carbocycles. The number of benzene rings is 10. The number of aromatic nitrogens is 1. The predicted molar refractivity (Wildman–Crippen MR) is 278 cm³/mol. The van der Waals surface area contributed by atoms with Crippen molar-refractivity contribution in [3.05, 3.63) is 206 Å². The topological polar surface area (TPSA) is 11.4 Å². The Kier molecular flexibility index (Phi) is 7.07. The van der Waals surface area contributed by atoms with Crippen LogP contribution in [0.1, 0.15) is 0 Å². The van der Waals surface area contributed by atoms with Crippen molar-refractivity contribution >= 4 is 147 Å². The molecule has 296 valence electrons. The number of hydrogen-bond donors (Lipinski definition) is 0. The number of anilines is 6. The fourth-order valence-electron chi connectivity index (χ4n) is 11.2. The number of fused-ring (bicyclic) bond motifs is 14. The molecule has 0 bridgehead atoms. The van der Waals surface area contributed by atoms with Gasteiger partial charge in [-0.15, -0.1) is 22.7 Å². The maximum Gasteiger partial charge on any atom is 0.333 e. The van der Waals surface area contributed by atoms with Crippen molar-refractivity contribution < 1.29 is 0 Å². The average Bonchev–Trinajstić information content (AvgIpc) is 4.01. The van der Waals surface area contributed by atoms with E-state index in [1.807, 2.05) is 22.7 Å². The van der Waals surface area contributed by atoms with E-state index in [9.17, 15) is 0 Å². The van der Waals surface area contributed by atoms with Gasteiger partial charge in [0.25, 0.3) is 0 Å². The van der Waals surface area contributed by atoms with E-state index in [-0.39, 0.29) is 6.85 Å². The highest BCUT2D eigenvalue weighted by Gasteiger charge is 2.44. The lowest BCUT2D eigenvalue weighted by Crippen LogP contribution is -2.56. The summed E-state index contributed by atoms with van der Waals surface area (Å²) in [6, 6.07) is 77.3. The molecule has 13 aromatic rings. The van der Waals surface area contributed by atoms with E-state index in [0.717, 1.165) is 22.7 Å². The van der Waals surface area contributed by atoms with E-state index in [1.54, 1.807) is 0 Å². The Balaban J connectivity index is 1.12. The zero-order chi connectivity index (χ0) is 41.6. The second-order valence-corrected chi connectivity index (χ2v) is 19.4. The van der Waals surface area contributed by atoms with E-state index >= 15 is 0 Å². The van der Waals surface area contributed by atoms with Gasteiger partial charge < -0.3 is 14.3 Å². The van der Waals surface area contributed by atoms with Gasteiger partial charge in [0.15, 0.2) is 0 Å². The molecule has 0 spiro atoms. The summed E-state index contributed by atoms with van der Waals surface area (Å²) in [4.78, 5) is 5.04. The van der Waals surface area contributed by atoms with Crippen LogP contribution in [0.3, 0.4) is 0 Å². The van der Waals surface area contributed by atoms with Crippen LogP contribution in [0.15, 0.2) is 206 Å². The molecule has 6 heteroatoms. The standard InChI is InChI=1S/C58H34BN3S2/c1-3-16-37(17-4-1)60(38-18-5-2-6-19-38)40-31-48-44-23-13-22-43-45-28-35-14-7-8-15-36(35)29-50(45)62(58(43)44)59-49-34-56-47(42-21-10-12-25-54(42)64-56)33-51(49)61(52(32-40)57(48)59)39-26-27-55-46(30-39)41-20-9-11-24-53(41)63-55/h1-34H. The van der Waals surface area contributed by atoms with E-state index in [1.165, 1.54) is 106 Å². The molecule has 0 fully saturated rings. The van der Waals surface area contributed by atoms with Crippen LogP contribution in [0.25, 0.3) is 84.0 Å². The highest BCUT2D eigenvalue weighted by molar-refractivity contribution is 7.26. The van der Waals surface area contributed by atoms with Crippen LogP contribution in [0, 0.1) is 0 Å². The van der Waals surface area contributed by atoms with Crippen LogP contribution >= 0.6 is 22.7 Å². The summed E-state index contributed by atoms with van der Waals surface area (Å²) in [5.74, 6) is 0. The number of para-hydroxylation sites is 3. The first-order valence-electron chi connectivity index (χ1n) is 21.9. The second-order valence-electron chi connectivity index (χ2n) is 17.2. The average molecular weight is 848 g/mol. The lowest BCUT2D eigenvalue weighted by molar-refractivity contribution is 1.24. The summed E-state index contributed by atoms with van der Waals surface area (Å²) < 4.78 is 7.95. The maximum atomic E-state index is 2.70. The first kappa shape index (κ1) is 34.9. The Morgan fingerprint density at radius 3 is 1.77 bits per heavy atom. The lowest BCUT2D eigenvalue weighted by atomic mass is 9.45. The molecule has 5 heterocycles. The summed E-state index contributed by atoms with van der Waals surface area (Å²) in [7, 11) is 0. The van der Waals surface area contributed by atoms with Crippen LogP contribution < -0.4 is 20.7 Å². The van der Waals surface area contributed by atoms with Gasteiger partial charge in [-0.2, -0.15) is 0 Å². The minimum absolute atomic E-state index is 0.0800. The Labute approximate surface area is 377 Å². The van der Waals surface area contributed by atoms with Crippen LogP contribution in [-0.4, -0.2) is 11.3 Å². The Morgan fingerprint density at radius 1 is 0.391 bits per heavy atom. The van der Waals surface area contributed by atoms with E-state index in [0.29, 0.717) is 0 Å². The Hall–Kier alpha value is -7.64. The van der Waals surface area contributed by atoms with Gasteiger partial charge in [0.2, 0.25) is 0 Å². The minimum Gasteiger partial charge on any atom is -0.375 e.